The molecule has 41 heavy (non-hydrogen) atoms. The van der Waals surface area contributed by atoms with Gasteiger partial charge in [0.15, 0.2) is 5.60 Å². The van der Waals surface area contributed by atoms with Crippen LogP contribution in [0.5, 0.6) is 11.5 Å². The van der Waals surface area contributed by atoms with Crippen LogP contribution in [0.4, 0.5) is 17.1 Å². The van der Waals surface area contributed by atoms with Gasteiger partial charge in [0.1, 0.15) is 11.5 Å². The molecule has 2 aliphatic heterocycles. The number of hydrogen-bond donors (Lipinski definition) is 2. The number of fused-ring (bicyclic) bond motifs is 6. The van der Waals surface area contributed by atoms with Gasteiger partial charge < -0.3 is 29.6 Å². The molecule has 0 saturated heterocycles. The van der Waals surface area contributed by atoms with Crippen molar-refractivity contribution in [2.45, 2.75) is 46.1 Å². The first-order chi connectivity index (χ1) is 19.8. The molecule has 4 aromatic rings. The average molecular weight is 551 g/mol. The maximum absolute atomic E-state index is 13.3. The Morgan fingerprint density at radius 3 is 2.32 bits per heavy atom. The minimum absolute atomic E-state index is 0.366. The zero-order valence-electron chi connectivity index (χ0n) is 24.0. The van der Waals surface area contributed by atoms with Crippen LogP contribution in [0.1, 0.15) is 58.9 Å². The third-order valence-electron chi connectivity index (χ3n) is 7.58. The summed E-state index contributed by atoms with van der Waals surface area (Å²) in [4.78, 5) is 13.3. The van der Waals surface area contributed by atoms with Crippen molar-refractivity contribution in [1.82, 2.24) is 0 Å². The molecular formula is C34H34N2O5. The van der Waals surface area contributed by atoms with Crippen LogP contribution in [-0.2, 0) is 19.8 Å². The zero-order chi connectivity index (χ0) is 28.8. The topological polar surface area (TPSA) is 78.0 Å². The molecule has 0 amide bonds. The van der Waals surface area contributed by atoms with E-state index in [9.17, 15) is 4.79 Å². The second kappa shape index (κ2) is 10.3. The van der Waals surface area contributed by atoms with E-state index < -0.39 is 11.5 Å². The Kier molecular flexibility index (Phi) is 6.72. The summed E-state index contributed by atoms with van der Waals surface area (Å²) >= 11 is 0. The Labute approximate surface area is 240 Å². The smallest absolute Gasteiger partial charge is 0.340 e. The normalized spacial score (nSPS) is 16.9. The lowest BCUT2D eigenvalue weighted by Crippen LogP contribution is -2.41. The number of rotatable bonds is 8. The van der Waals surface area contributed by atoms with Crippen molar-refractivity contribution in [2.24, 2.45) is 0 Å². The lowest BCUT2D eigenvalue weighted by atomic mass is 9.77. The minimum Gasteiger partial charge on any atom is -0.456 e. The van der Waals surface area contributed by atoms with Gasteiger partial charge in [-0.05, 0) is 75.7 Å². The molecule has 0 aliphatic carbocycles. The van der Waals surface area contributed by atoms with Gasteiger partial charge in [0.05, 0.1) is 5.56 Å². The number of hydrogen-bond acceptors (Lipinski definition) is 7. The molecule has 0 aromatic heterocycles. The molecule has 1 unspecified atom stereocenters. The number of ether oxygens (including phenoxy) is 4. The van der Waals surface area contributed by atoms with Gasteiger partial charge in [-0.15, -0.1) is 0 Å². The molecule has 0 saturated carbocycles. The molecule has 2 N–H and O–H groups in total. The van der Waals surface area contributed by atoms with E-state index in [0.29, 0.717) is 30.3 Å². The van der Waals surface area contributed by atoms with Crippen molar-refractivity contribution in [3.05, 3.63) is 112 Å². The monoisotopic (exact) mass is 550 g/mol. The standard InChI is InChI=1S/C34H34N2O5/c1-6-38-33(5,39-7-2)36-24-13-15-27-31(20-24)40-30-17-14-23(35-29-16-12-21(3)18-22(29)4)19-28(30)34(27)26-11-9-8-10-25(26)32(37)41-34/h8-20,35-36H,6-7H2,1-5H3. The number of carbonyl (C=O) groups excluding carboxylic acids is 1. The number of carbonyl (C=O) groups is 1. The largest absolute Gasteiger partial charge is 0.456 e. The summed E-state index contributed by atoms with van der Waals surface area (Å²) in [5.74, 6) is -0.182. The highest BCUT2D eigenvalue weighted by molar-refractivity contribution is 5.97. The highest BCUT2D eigenvalue weighted by Gasteiger charge is 2.53. The van der Waals surface area contributed by atoms with E-state index in [4.69, 9.17) is 18.9 Å². The van der Waals surface area contributed by atoms with Crippen molar-refractivity contribution < 1.29 is 23.7 Å². The van der Waals surface area contributed by atoms with Crippen molar-refractivity contribution >= 4 is 23.0 Å². The molecule has 4 aromatic carbocycles. The summed E-state index contributed by atoms with van der Waals surface area (Å²) in [6.45, 7) is 10.8. The fourth-order valence-electron chi connectivity index (χ4n) is 5.86. The van der Waals surface area contributed by atoms with Crippen LogP contribution in [0, 0.1) is 13.8 Å². The van der Waals surface area contributed by atoms with E-state index in [0.717, 1.165) is 39.3 Å². The van der Waals surface area contributed by atoms with Crippen LogP contribution in [0.3, 0.4) is 0 Å². The third kappa shape index (κ3) is 4.61. The number of aryl methyl sites for hydroxylation is 2. The molecule has 1 spiro atoms. The summed E-state index contributed by atoms with van der Waals surface area (Å²) in [6.07, 6.45) is 0. The zero-order valence-corrected chi connectivity index (χ0v) is 24.0. The van der Waals surface area contributed by atoms with Crippen LogP contribution in [0.15, 0.2) is 78.9 Å². The molecule has 0 bridgehead atoms. The van der Waals surface area contributed by atoms with Gasteiger partial charge in [-0.2, -0.15) is 0 Å². The Morgan fingerprint density at radius 1 is 0.805 bits per heavy atom. The molecule has 7 heteroatoms. The summed E-state index contributed by atoms with van der Waals surface area (Å²) in [6, 6.07) is 25.5. The maximum Gasteiger partial charge on any atom is 0.340 e. The lowest BCUT2D eigenvalue weighted by Gasteiger charge is -2.37. The van der Waals surface area contributed by atoms with Crippen molar-refractivity contribution in [3.63, 3.8) is 0 Å². The third-order valence-corrected chi connectivity index (χ3v) is 7.58. The fourth-order valence-corrected chi connectivity index (χ4v) is 5.86. The van der Waals surface area contributed by atoms with Crippen LogP contribution in [0.2, 0.25) is 0 Å². The first kappa shape index (κ1) is 26.9. The second-order valence-electron chi connectivity index (χ2n) is 10.5. The number of esters is 1. The SMILES string of the molecule is CCOC(C)(Nc1ccc2c(c1)Oc1ccc(Nc3ccc(C)cc3C)cc1C21OC(=O)c2ccccc21)OCC. The molecule has 210 valence electrons. The number of benzene rings is 4. The molecular weight excluding hydrogens is 516 g/mol. The maximum atomic E-state index is 13.3. The summed E-state index contributed by atoms with van der Waals surface area (Å²) in [5, 5.41) is 6.88. The predicted molar refractivity (Wildman–Crippen MR) is 159 cm³/mol. The summed E-state index contributed by atoms with van der Waals surface area (Å²) < 4.78 is 24.6. The van der Waals surface area contributed by atoms with Gasteiger partial charge >= 0.3 is 5.97 Å². The Bertz CT molecular complexity index is 1640. The van der Waals surface area contributed by atoms with E-state index in [1.54, 1.807) is 0 Å². The number of anilines is 3. The molecule has 1 atom stereocenters. The summed E-state index contributed by atoms with van der Waals surface area (Å²) in [5.41, 5.74) is 6.62. The number of nitrogens with one attached hydrogen (secondary N) is 2. The van der Waals surface area contributed by atoms with Crippen LogP contribution >= 0.6 is 0 Å². The molecule has 2 aliphatic rings. The van der Waals surface area contributed by atoms with Gasteiger partial charge in [-0.25, -0.2) is 4.79 Å². The Balaban J connectivity index is 1.47. The second-order valence-corrected chi connectivity index (χ2v) is 10.5. The van der Waals surface area contributed by atoms with Crippen molar-refractivity contribution in [2.75, 3.05) is 23.8 Å². The molecule has 2 heterocycles. The highest BCUT2D eigenvalue weighted by Crippen LogP contribution is 2.57. The summed E-state index contributed by atoms with van der Waals surface area (Å²) in [7, 11) is 0. The Morgan fingerprint density at radius 2 is 1.56 bits per heavy atom. The highest BCUT2D eigenvalue weighted by atomic mass is 16.7. The minimum atomic E-state index is -1.17. The van der Waals surface area contributed by atoms with Gasteiger partial charge in [0.25, 0.3) is 0 Å². The van der Waals surface area contributed by atoms with E-state index in [1.165, 1.54) is 5.56 Å². The van der Waals surface area contributed by atoms with Crippen LogP contribution in [-0.4, -0.2) is 25.1 Å². The molecule has 0 fully saturated rings. The molecule has 7 nitrogen and oxygen atoms in total. The first-order valence-corrected chi connectivity index (χ1v) is 14.0. The molecule has 6 rings (SSSR count). The van der Waals surface area contributed by atoms with E-state index in [1.807, 2.05) is 81.4 Å². The molecule has 0 radical (unpaired) electrons. The van der Waals surface area contributed by atoms with E-state index in [2.05, 4.69) is 42.7 Å². The first-order valence-electron chi connectivity index (χ1n) is 14.0. The Hall–Kier alpha value is -4.33. The van der Waals surface area contributed by atoms with Crippen molar-refractivity contribution in [1.29, 1.82) is 0 Å². The van der Waals surface area contributed by atoms with Gasteiger partial charge in [0, 0.05) is 60.0 Å². The van der Waals surface area contributed by atoms with Crippen molar-refractivity contribution in [3.8, 4) is 11.5 Å². The average Bonchev–Trinajstić information content (AvgIpc) is 3.23. The van der Waals surface area contributed by atoms with E-state index >= 15 is 0 Å². The fraction of sp³-hybridized carbons (Fsp3) is 0.265. The van der Waals surface area contributed by atoms with Crippen LogP contribution in [0.25, 0.3) is 0 Å². The van der Waals surface area contributed by atoms with Gasteiger partial charge in [-0.1, -0.05) is 35.9 Å². The van der Waals surface area contributed by atoms with Gasteiger partial charge in [-0.3, -0.25) is 0 Å². The predicted octanol–water partition coefficient (Wildman–Crippen LogP) is 7.77. The quantitative estimate of drug-likeness (QED) is 0.171. The van der Waals surface area contributed by atoms with Gasteiger partial charge in [0.2, 0.25) is 5.91 Å². The van der Waals surface area contributed by atoms with E-state index in [-0.39, 0.29) is 5.97 Å². The lowest BCUT2D eigenvalue weighted by molar-refractivity contribution is -0.200. The van der Waals surface area contributed by atoms with Crippen LogP contribution < -0.4 is 15.4 Å².